The third kappa shape index (κ3) is 2.63. The zero-order valence-corrected chi connectivity index (χ0v) is 10.2. The Hall–Kier alpha value is -1.31. The first kappa shape index (κ1) is 12.8. The zero-order valence-electron chi connectivity index (χ0n) is 10.2. The van der Waals surface area contributed by atoms with Crippen LogP contribution in [0.25, 0.3) is 0 Å². The van der Waals surface area contributed by atoms with E-state index in [9.17, 15) is 9.90 Å². The summed E-state index contributed by atoms with van der Waals surface area (Å²) < 4.78 is 0. The summed E-state index contributed by atoms with van der Waals surface area (Å²) in [5.41, 5.74) is 0.575. The first-order valence-corrected chi connectivity index (χ1v) is 5.78. The van der Waals surface area contributed by atoms with E-state index in [0.29, 0.717) is 6.42 Å². The molecule has 0 aromatic heterocycles. The van der Waals surface area contributed by atoms with E-state index in [-0.39, 0.29) is 5.92 Å². The number of rotatable bonds is 5. The lowest BCUT2D eigenvalue weighted by Gasteiger charge is -2.30. The molecule has 0 heterocycles. The maximum Gasteiger partial charge on any atom is 0.309 e. The molecule has 0 fully saturated rings. The molecule has 0 saturated heterocycles. The molecule has 0 aliphatic heterocycles. The van der Waals surface area contributed by atoms with Crippen molar-refractivity contribution in [2.24, 2.45) is 11.3 Å². The van der Waals surface area contributed by atoms with Crippen molar-refractivity contribution in [3.63, 3.8) is 0 Å². The van der Waals surface area contributed by atoms with Crippen molar-refractivity contribution in [3.05, 3.63) is 35.9 Å². The largest absolute Gasteiger partial charge is 0.481 e. The summed E-state index contributed by atoms with van der Waals surface area (Å²) in [7, 11) is 0. The highest BCUT2D eigenvalue weighted by atomic mass is 16.4. The number of carboxylic acid groups (broad SMARTS) is 1. The number of carbonyl (C=O) groups is 1. The maximum atomic E-state index is 11.3. The van der Waals surface area contributed by atoms with E-state index in [1.165, 1.54) is 5.56 Å². The summed E-state index contributed by atoms with van der Waals surface area (Å²) in [6.45, 7) is 5.79. The van der Waals surface area contributed by atoms with Crippen LogP contribution in [0.1, 0.15) is 32.8 Å². The molecule has 0 amide bonds. The van der Waals surface area contributed by atoms with Gasteiger partial charge in [0.1, 0.15) is 0 Å². The second kappa shape index (κ2) is 5.15. The Balaban J connectivity index is 2.78. The van der Waals surface area contributed by atoms with Gasteiger partial charge < -0.3 is 5.11 Å². The minimum Gasteiger partial charge on any atom is -0.481 e. The molecule has 1 aromatic carbocycles. The van der Waals surface area contributed by atoms with Crippen molar-refractivity contribution < 1.29 is 9.90 Å². The molecule has 0 spiro atoms. The molecule has 1 N–H and O–H groups in total. The van der Waals surface area contributed by atoms with Crippen LogP contribution in [0.15, 0.2) is 30.3 Å². The van der Waals surface area contributed by atoms with E-state index in [1.807, 2.05) is 39.0 Å². The summed E-state index contributed by atoms with van der Waals surface area (Å²) in [6, 6.07) is 10.1. The monoisotopic (exact) mass is 220 g/mol. The van der Waals surface area contributed by atoms with Gasteiger partial charge in [0.2, 0.25) is 0 Å². The average Bonchev–Trinajstić information content (AvgIpc) is 2.28. The van der Waals surface area contributed by atoms with Crippen molar-refractivity contribution >= 4 is 5.97 Å². The maximum absolute atomic E-state index is 11.3. The molecule has 0 aliphatic carbocycles. The predicted molar refractivity (Wildman–Crippen MR) is 65.3 cm³/mol. The van der Waals surface area contributed by atoms with E-state index in [4.69, 9.17) is 0 Å². The number of hydrogen-bond acceptors (Lipinski definition) is 1. The highest BCUT2D eigenvalue weighted by molar-refractivity contribution is 5.74. The molecular formula is C14H20O2. The summed E-state index contributed by atoms with van der Waals surface area (Å²) >= 11 is 0. The molecule has 2 unspecified atom stereocenters. The molecule has 0 saturated carbocycles. The fourth-order valence-electron chi connectivity index (χ4n) is 1.90. The predicted octanol–water partition coefficient (Wildman–Crippen LogP) is 3.37. The van der Waals surface area contributed by atoms with Gasteiger partial charge in [-0.2, -0.15) is 0 Å². The molecule has 0 aliphatic rings. The second-order valence-corrected chi connectivity index (χ2v) is 4.67. The smallest absolute Gasteiger partial charge is 0.309 e. The normalized spacial score (nSPS) is 16.4. The summed E-state index contributed by atoms with van der Waals surface area (Å²) in [5.74, 6) is -0.559. The lowest BCUT2D eigenvalue weighted by atomic mass is 9.73. The van der Waals surface area contributed by atoms with E-state index in [2.05, 4.69) is 12.1 Å². The highest BCUT2D eigenvalue weighted by Gasteiger charge is 2.36. The Kier molecular flexibility index (Phi) is 4.11. The molecule has 0 radical (unpaired) electrons. The number of benzene rings is 1. The van der Waals surface area contributed by atoms with Crippen LogP contribution in [0.4, 0.5) is 0 Å². The van der Waals surface area contributed by atoms with Gasteiger partial charge in [-0.3, -0.25) is 4.79 Å². The second-order valence-electron chi connectivity index (χ2n) is 4.67. The van der Waals surface area contributed by atoms with Crippen molar-refractivity contribution in [1.82, 2.24) is 0 Å². The van der Waals surface area contributed by atoms with Crippen molar-refractivity contribution in [2.75, 3.05) is 0 Å². The highest BCUT2D eigenvalue weighted by Crippen LogP contribution is 2.33. The van der Waals surface area contributed by atoms with E-state index in [1.54, 1.807) is 0 Å². The molecular weight excluding hydrogens is 200 g/mol. The Morgan fingerprint density at radius 2 is 1.94 bits per heavy atom. The van der Waals surface area contributed by atoms with Crippen LogP contribution < -0.4 is 0 Å². The third-order valence-electron chi connectivity index (χ3n) is 3.70. The van der Waals surface area contributed by atoms with E-state index < -0.39 is 11.4 Å². The van der Waals surface area contributed by atoms with Crippen LogP contribution in [0.2, 0.25) is 0 Å². The number of hydrogen-bond donors (Lipinski definition) is 1. The topological polar surface area (TPSA) is 37.3 Å². The molecule has 88 valence electrons. The summed E-state index contributed by atoms with van der Waals surface area (Å²) in [6.07, 6.45) is 1.48. The fourth-order valence-corrected chi connectivity index (χ4v) is 1.90. The Morgan fingerprint density at radius 3 is 2.38 bits per heavy atom. The van der Waals surface area contributed by atoms with E-state index in [0.717, 1.165) is 6.42 Å². The first-order valence-electron chi connectivity index (χ1n) is 5.78. The fraction of sp³-hybridized carbons (Fsp3) is 0.500. The van der Waals surface area contributed by atoms with Crippen LogP contribution in [0.5, 0.6) is 0 Å². The summed E-state index contributed by atoms with van der Waals surface area (Å²) in [4.78, 5) is 11.3. The minimum atomic E-state index is -0.696. The lowest BCUT2D eigenvalue weighted by molar-refractivity contribution is -0.151. The third-order valence-corrected chi connectivity index (χ3v) is 3.70. The number of aliphatic carboxylic acids is 1. The van der Waals surface area contributed by atoms with Gasteiger partial charge in [0.15, 0.2) is 0 Å². The Morgan fingerprint density at radius 1 is 1.38 bits per heavy atom. The molecule has 1 aromatic rings. The van der Waals surface area contributed by atoms with Gasteiger partial charge in [-0.1, -0.05) is 44.2 Å². The van der Waals surface area contributed by atoms with Crippen LogP contribution >= 0.6 is 0 Å². The Labute approximate surface area is 97.3 Å². The van der Waals surface area contributed by atoms with Gasteiger partial charge in [0.05, 0.1) is 5.41 Å². The van der Waals surface area contributed by atoms with Crippen molar-refractivity contribution in [1.29, 1.82) is 0 Å². The van der Waals surface area contributed by atoms with Crippen LogP contribution in [-0.4, -0.2) is 11.1 Å². The molecule has 16 heavy (non-hydrogen) atoms. The quantitative estimate of drug-likeness (QED) is 0.826. The van der Waals surface area contributed by atoms with Gasteiger partial charge in [-0.15, -0.1) is 0 Å². The van der Waals surface area contributed by atoms with E-state index >= 15 is 0 Å². The van der Waals surface area contributed by atoms with Gasteiger partial charge in [-0.25, -0.2) is 0 Å². The van der Waals surface area contributed by atoms with Crippen LogP contribution in [-0.2, 0) is 11.2 Å². The van der Waals surface area contributed by atoms with Crippen LogP contribution in [0.3, 0.4) is 0 Å². The van der Waals surface area contributed by atoms with Crippen molar-refractivity contribution in [2.45, 2.75) is 33.6 Å². The van der Waals surface area contributed by atoms with Gasteiger partial charge in [-0.05, 0) is 31.2 Å². The summed E-state index contributed by atoms with van der Waals surface area (Å²) in [5, 5.41) is 9.28. The SMILES string of the molecule is CCC(C)(C(=O)O)C(C)Cc1ccccc1. The molecule has 2 heteroatoms. The molecule has 2 atom stereocenters. The minimum absolute atomic E-state index is 0.136. The lowest BCUT2D eigenvalue weighted by Crippen LogP contribution is -2.34. The molecule has 1 rings (SSSR count). The van der Waals surface area contributed by atoms with Gasteiger partial charge >= 0.3 is 5.97 Å². The first-order chi connectivity index (χ1) is 7.50. The average molecular weight is 220 g/mol. The molecule has 2 nitrogen and oxygen atoms in total. The standard InChI is InChI=1S/C14H20O2/c1-4-14(3,13(15)16)11(2)10-12-8-6-5-7-9-12/h5-9,11H,4,10H2,1-3H3,(H,15,16). The number of carboxylic acids is 1. The van der Waals surface area contributed by atoms with Gasteiger partial charge in [0.25, 0.3) is 0 Å². The zero-order chi connectivity index (χ0) is 12.2. The Bertz CT molecular complexity index is 345. The van der Waals surface area contributed by atoms with Crippen LogP contribution in [0, 0.1) is 11.3 Å². The molecule has 0 bridgehead atoms. The van der Waals surface area contributed by atoms with Gasteiger partial charge in [0, 0.05) is 0 Å². The van der Waals surface area contributed by atoms with Crippen molar-refractivity contribution in [3.8, 4) is 0 Å².